The van der Waals surface area contributed by atoms with E-state index < -0.39 is 59.1 Å². The minimum absolute atomic E-state index is 0.217. The molecule has 1 heterocycles. The number of rotatable bonds is 4. The second-order valence-electron chi connectivity index (χ2n) is 4.68. The Morgan fingerprint density at radius 3 is 2.12 bits per heavy atom. The van der Waals surface area contributed by atoms with Crippen LogP contribution in [0.25, 0.3) is 0 Å². The minimum atomic E-state index is -2.42. The molecular weight excluding hydrogens is 373 g/mol. The van der Waals surface area contributed by atoms with Crippen molar-refractivity contribution >= 4 is 28.7 Å². The molecule has 1 aromatic carbocycles. The standard InChI is InChI=1S/C13H10F5N3O3S/c14-6-5(7(15)9(17)10(18)8(6)16)12(24)20-4(3-22)11(23)21-13-19-1-2-25-13/h4,22H,1-3H2,(H,20,24)(H,19,21,23)/t4-/m0/s1. The lowest BCUT2D eigenvalue weighted by atomic mass is 10.1. The molecule has 6 nitrogen and oxygen atoms in total. The number of aliphatic imine (C=N–C) groups is 1. The van der Waals surface area contributed by atoms with Crippen molar-refractivity contribution in [3.05, 3.63) is 34.6 Å². The summed E-state index contributed by atoms with van der Waals surface area (Å²) in [7, 11) is 0. The summed E-state index contributed by atoms with van der Waals surface area (Å²) in [6.07, 6.45) is 0. The maximum Gasteiger partial charge on any atom is 0.258 e. The molecule has 0 bridgehead atoms. The van der Waals surface area contributed by atoms with Crippen molar-refractivity contribution in [3.8, 4) is 0 Å². The summed E-state index contributed by atoms with van der Waals surface area (Å²) in [6, 6.07) is -1.69. The van der Waals surface area contributed by atoms with Crippen LogP contribution in [0.15, 0.2) is 4.99 Å². The summed E-state index contributed by atoms with van der Waals surface area (Å²) in [5, 5.41) is 13.3. The van der Waals surface area contributed by atoms with Gasteiger partial charge in [0, 0.05) is 5.75 Å². The summed E-state index contributed by atoms with van der Waals surface area (Å²) in [4.78, 5) is 27.6. The molecule has 3 N–H and O–H groups in total. The number of aliphatic hydroxyl groups is 1. The number of nitrogens with zero attached hydrogens (tertiary/aromatic N) is 1. The molecule has 0 aromatic heterocycles. The van der Waals surface area contributed by atoms with Gasteiger partial charge in [0.1, 0.15) is 11.6 Å². The van der Waals surface area contributed by atoms with Gasteiger partial charge in [0.05, 0.1) is 13.2 Å². The van der Waals surface area contributed by atoms with E-state index in [4.69, 9.17) is 5.11 Å². The van der Waals surface area contributed by atoms with Crippen molar-refractivity contribution in [2.45, 2.75) is 6.04 Å². The molecule has 0 unspecified atom stereocenters. The fraction of sp³-hybridized carbons (Fsp3) is 0.308. The van der Waals surface area contributed by atoms with E-state index in [1.807, 2.05) is 0 Å². The number of thioether (sulfide) groups is 1. The molecule has 2 rings (SSSR count). The molecule has 0 fully saturated rings. The van der Waals surface area contributed by atoms with Gasteiger partial charge in [0.15, 0.2) is 28.4 Å². The maximum absolute atomic E-state index is 13.6. The van der Waals surface area contributed by atoms with Crippen molar-refractivity contribution in [1.29, 1.82) is 0 Å². The normalized spacial score (nSPS) is 14.9. The number of carbonyl (C=O) groups is 2. The lowest BCUT2D eigenvalue weighted by Gasteiger charge is -2.16. The second-order valence-corrected chi connectivity index (χ2v) is 5.76. The zero-order valence-electron chi connectivity index (χ0n) is 12.2. The molecule has 0 saturated carbocycles. The van der Waals surface area contributed by atoms with Gasteiger partial charge in [-0.2, -0.15) is 0 Å². The number of hydrogen-bond acceptors (Lipinski definition) is 5. The number of carbonyl (C=O) groups excluding carboxylic acids is 2. The van der Waals surface area contributed by atoms with E-state index in [2.05, 4.69) is 10.3 Å². The lowest BCUT2D eigenvalue weighted by molar-refractivity contribution is -0.122. The molecule has 0 spiro atoms. The maximum atomic E-state index is 13.6. The van der Waals surface area contributed by atoms with Gasteiger partial charge in [-0.1, -0.05) is 11.8 Å². The Kier molecular flexibility index (Phi) is 5.95. The van der Waals surface area contributed by atoms with Crippen molar-refractivity contribution in [2.75, 3.05) is 18.9 Å². The minimum Gasteiger partial charge on any atom is -0.394 e. The van der Waals surface area contributed by atoms with E-state index in [0.717, 1.165) is 0 Å². The number of hydrogen-bond donors (Lipinski definition) is 3. The second kappa shape index (κ2) is 7.78. The first-order chi connectivity index (χ1) is 11.8. The van der Waals surface area contributed by atoms with E-state index >= 15 is 0 Å². The Hall–Kier alpha value is -2.21. The lowest BCUT2D eigenvalue weighted by Crippen LogP contribution is -2.50. The SMILES string of the molecule is O=C(N[C@@H](CO)C(=O)NC1=NCCS1)c1c(F)c(F)c(F)c(F)c1F. The number of aliphatic hydroxyl groups excluding tert-OH is 1. The van der Waals surface area contributed by atoms with Crippen LogP contribution < -0.4 is 10.6 Å². The molecule has 1 aromatic rings. The van der Waals surface area contributed by atoms with E-state index in [1.54, 1.807) is 5.32 Å². The molecule has 136 valence electrons. The highest BCUT2D eigenvalue weighted by molar-refractivity contribution is 8.14. The summed E-state index contributed by atoms with van der Waals surface area (Å²) >= 11 is 1.19. The first kappa shape index (κ1) is 19.1. The van der Waals surface area contributed by atoms with Crippen molar-refractivity contribution in [1.82, 2.24) is 10.6 Å². The highest BCUT2D eigenvalue weighted by Gasteiger charge is 2.32. The van der Waals surface area contributed by atoms with Crippen molar-refractivity contribution in [3.63, 3.8) is 0 Å². The van der Waals surface area contributed by atoms with E-state index in [1.165, 1.54) is 11.8 Å². The third-order valence-corrected chi connectivity index (χ3v) is 3.95. The molecule has 0 saturated heterocycles. The van der Waals surface area contributed by atoms with E-state index in [0.29, 0.717) is 12.3 Å². The Morgan fingerprint density at radius 2 is 1.64 bits per heavy atom. The van der Waals surface area contributed by atoms with Crippen LogP contribution in [0.4, 0.5) is 22.0 Å². The van der Waals surface area contributed by atoms with Crippen LogP contribution in [0.1, 0.15) is 10.4 Å². The smallest absolute Gasteiger partial charge is 0.258 e. The van der Waals surface area contributed by atoms with Gasteiger partial charge in [-0.15, -0.1) is 0 Å². The zero-order valence-corrected chi connectivity index (χ0v) is 13.0. The molecule has 1 aliphatic heterocycles. The van der Waals surface area contributed by atoms with Crippen LogP contribution in [-0.4, -0.2) is 47.0 Å². The first-order valence-electron chi connectivity index (χ1n) is 6.69. The first-order valence-corrected chi connectivity index (χ1v) is 7.67. The molecule has 1 atom stereocenters. The van der Waals surface area contributed by atoms with Crippen LogP contribution in [0.2, 0.25) is 0 Å². The van der Waals surface area contributed by atoms with Crippen LogP contribution in [0, 0.1) is 29.1 Å². The van der Waals surface area contributed by atoms with Gasteiger partial charge in [0.25, 0.3) is 11.8 Å². The van der Waals surface area contributed by atoms with Crippen LogP contribution in [0.3, 0.4) is 0 Å². The topological polar surface area (TPSA) is 90.8 Å². The van der Waals surface area contributed by atoms with Crippen LogP contribution in [0.5, 0.6) is 0 Å². The van der Waals surface area contributed by atoms with Gasteiger partial charge in [-0.3, -0.25) is 14.6 Å². The van der Waals surface area contributed by atoms with Crippen LogP contribution >= 0.6 is 11.8 Å². The van der Waals surface area contributed by atoms with Gasteiger partial charge >= 0.3 is 0 Å². The van der Waals surface area contributed by atoms with E-state index in [9.17, 15) is 31.5 Å². The number of nitrogens with one attached hydrogen (secondary N) is 2. The quantitative estimate of drug-likeness (QED) is 0.406. The number of amidine groups is 1. The molecule has 1 aliphatic rings. The molecule has 0 aliphatic carbocycles. The Labute approximate surface area is 141 Å². The fourth-order valence-corrected chi connectivity index (χ4v) is 2.56. The van der Waals surface area contributed by atoms with Gasteiger partial charge in [0.2, 0.25) is 5.82 Å². The average molecular weight is 383 g/mol. The summed E-state index contributed by atoms with van der Waals surface area (Å²) in [6.45, 7) is -0.536. The van der Waals surface area contributed by atoms with Gasteiger partial charge in [-0.05, 0) is 0 Å². The number of halogens is 5. The Morgan fingerprint density at radius 1 is 1.08 bits per heavy atom. The molecule has 2 amide bonds. The zero-order chi connectivity index (χ0) is 18.7. The highest BCUT2D eigenvalue weighted by atomic mass is 32.2. The monoisotopic (exact) mass is 383 g/mol. The average Bonchev–Trinajstić information content (AvgIpc) is 3.09. The number of amides is 2. The van der Waals surface area contributed by atoms with Crippen molar-refractivity contribution < 1.29 is 36.6 Å². The third kappa shape index (κ3) is 3.90. The molecule has 25 heavy (non-hydrogen) atoms. The van der Waals surface area contributed by atoms with Gasteiger partial charge in [-0.25, -0.2) is 22.0 Å². The molecule has 0 radical (unpaired) electrons. The fourth-order valence-electron chi connectivity index (χ4n) is 1.83. The highest BCUT2D eigenvalue weighted by Crippen LogP contribution is 2.23. The predicted molar refractivity (Wildman–Crippen MR) is 77.5 cm³/mol. The predicted octanol–water partition coefficient (Wildman–Crippen LogP) is 0.692. The Balaban J connectivity index is 2.21. The summed E-state index contributed by atoms with van der Waals surface area (Å²) in [5.74, 6) is -13.8. The molecular formula is C13H10F5N3O3S. The molecule has 12 heteroatoms. The van der Waals surface area contributed by atoms with Gasteiger partial charge < -0.3 is 15.7 Å². The van der Waals surface area contributed by atoms with E-state index in [-0.39, 0.29) is 5.17 Å². The van der Waals surface area contributed by atoms with Crippen LogP contribution in [-0.2, 0) is 4.79 Å². The summed E-state index contributed by atoms with van der Waals surface area (Å²) in [5.41, 5.74) is -1.75. The third-order valence-electron chi connectivity index (χ3n) is 3.06. The summed E-state index contributed by atoms with van der Waals surface area (Å²) < 4.78 is 66.4. The largest absolute Gasteiger partial charge is 0.394 e. The van der Waals surface area contributed by atoms with Crippen molar-refractivity contribution in [2.24, 2.45) is 4.99 Å². The number of benzene rings is 1. The Bertz CT molecular complexity index is 730.